The summed E-state index contributed by atoms with van der Waals surface area (Å²) in [6.07, 6.45) is 8.96. The number of aromatic hydroxyl groups is 1. The number of benzene rings is 2. The Hall–Kier alpha value is -2.36. The summed E-state index contributed by atoms with van der Waals surface area (Å²) in [6, 6.07) is 10.0. The minimum absolute atomic E-state index is 0.434. The molecule has 4 nitrogen and oxygen atoms in total. The number of nitrogens with one attached hydrogen (secondary N) is 1. The third-order valence-corrected chi connectivity index (χ3v) is 5.11. The number of nitrogens with zero attached hydrogens (tertiary/aromatic N) is 2. The van der Waals surface area contributed by atoms with Crippen LogP contribution in [0.15, 0.2) is 30.3 Å². The second-order valence-corrected chi connectivity index (χ2v) is 7.02. The van der Waals surface area contributed by atoms with Crippen LogP contribution in [0.1, 0.15) is 63.5 Å². The minimum atomic E-state index is 0.434. The molecule has 0 amide bonds. The van der Waals surface area contributed by atoms with Crippen LogP contribution in [0.3, 0.4) is 0 Å². The van der Waals surface area contributed by atoms with Crippen LogP contribution < -0.4 is 0 Å². The van der Waals surface area contributed by atoms with E-state index < -0.39 is 0 Å². The van der Waals surface area contributed by atoms with Crippen molar-refractivity contribution in [3.63, 3.8) is 0 Å². The molecule has 138 valence electrons. The maximum absolute atomic E-state index is 10.6. The average molecular weight is 351 g/mol. The summed E-state index contributed by atoms with van der Waals surface area (Å²) >= 11 is 0. The van der Waals surface area contributed by atoms with E-state index in [2.05, 4.69) is 35.3 Å². The Morgan fingerprint density at radius 3 is 2.31 bits per heavy atom. The largest absolute Gasteiger partial charge is 0.508 e. The third-order valence-electron chi connectivity index (χ3n) is 5.11. The maximum atomic E-state index is 10.6. The number of phenolic OH excluding ortho intramolecular Hbond substituents is 1. The molecule has 0 radical (unpaired) electrons. The minimum Gasteiger partial charge on any atom is -0.508 e. The Kier molecular flexibility index (Phi) is 6.26. The monoisotopic (exact) mass is 351 g/mol. The first-order chi connectivity index (χ1) is 12.8. The van der Waals surface area contributed by atoms with Crippen LogP contribution >= 0.6 is 0 Å². The Morgan fingerprint density at radius 1 is 0.846 bits per heavy atom. The molecule has 0 saturated carbocycles. The van der Waals surface area contributed by atoms with Crippen molar-refractivity contribution in [1.29, 1.82) is 0 Å². The van der Waals surface area contributed by atoms with Crippen molar-refractivity contribution in [2.24, 2.45) is 0 Å². The van der Waals surface area contributed by atoms with Crippen LogP contribution in [0.25, 0.3) is 22.2 Å². The molecule has 0 saturated heterocycles. The second-order valence-electron chi connectivity index (χ2n) is 7.02. The number of phenols is 1. The van der Waals surface area contributed by atoms with Gasteiger partial charge in [0.15, 0.2) is 0 Å². The highest BCUT2D eigenvalue weighted by Crippen LogP contribution is 2.36. The number of fused-ring (bicyclic) bond motifs is 1. The predicted molar refractivity (Wildman–Crippen MR) is 107 cm³/mol. The van der Waals surface area contributed by atoms with Crippen LogP contribution in [-0.4, -0.2) is 20.5 Å². The quantitative estimate of drug-likeness (QED) is 0.479. The van der Waals surface area contributed by atoms with Crippen LogP contribution in [0.2, 0.25) is 0 Å². The highest BCUT2D eigenvalue weighted by molar-refractivity contribution is 5.92. The van der Waals surface area contributed by atoms with Crippen molar-refractivity contribution < 1.29 is 5.11 Å². The van der Waals surface area contributed by atoms with Gasteiger partial charge in [-0.2, -0.15) is 0 Å². The van der Waals surface area contributed by atoms with Crippen molar-refractivity contribution in [3.8, 4) is 16.9 Å². The molecular weight excluding hydrogens is 322 g/mol. The topological polar surface area (TPSA) is 61.8 Å². The van der Waals surface area contributed by atoms with Gasteiger partial charge in [-0.05, 0) is 54.5 Å². The number of rotatable bonds is 9. The fourth-order valence-electron chi connectivity index (χ4n) is 3.69. The Morgan fingerprint density at radius 2 is 1.58 bits per heavy atom. The van der Waals surface area contributed by atoms with E-state index in [-0.39, 0.29) is 0 Å². The molecule has 4 heteroatoms. The molecule has 3 aromatic rings. The van der Waals surface area contributed by atoms with E-state index in [0.29, 0.717) is 5.75 Å². The summed E-state index contributed by atoms with van der Waals surface area (Å²) in [5, 5.41) is 21.8. The standard InChI is InChI=1S/C22H29N3O/c1-3-5-7-10-16-17(14-15-21(26)18(16)11-8-6-4-2)19-12-9-13-20-22(19)24-25-23-20/h9,12-15,26H,3-8,10-11H2,1-2H3,(H,23,24,25). The lowest BCUT2D eigenvalue weighted by atomic mass is 9.88. The zero-order valence-electron chi connectivity index (χ0n) is 15.9. The lowest BCUT2D eigenvalue weighted by Gasteiger charge is -2.17. The highest BCUT2D eigenvalue weighted by Gasteiger charge is 2.16. The predicted octanol–water partition coefficient (Wildman–Crippen LogP) is 5.80. The molecule has 1 heterocycles. The molecule has 3 rings (SSSR count). The zero-order valence-corrected chi connectivity index (χ0v) is 15.9. The van der Waals surface area contributed by atoms with E-state index in [1.165, 1.54) is 36.8 Å². The molecule has 0 unspecified atom stereocenters. The smallest absolute Gasteiger partial charge is 0.120 e. The van der Waals surface area contributed by atoms with Gasteiger partial charge in [-0.3, -0.25) is 5.10 Å². The van der Waals surface area contributed by atoms with Crippen molar-refractivity contribution in [3.05, 3.63) is 41.5 Å². The van der Waals surface area contributed by atoms with E-state index in [1.807, 2.05) is 24.3 Å². The zero-order chi connectivity index (χ0) is 18.4. The fourth-order valence-corrected chi connectivity index (χ4v) is 3.69. The highest BCUT2D eigenvalue weighted by atomic mass is 16.3. The van der Waals surface area contributed by atoms with Crippen LogP contribution in [0, 0.1) is 0 Å². The number of hydrogen-bond acceptors (Lipinski definition) is 3. The van der Waals surface area contributed by atoms with Crippen molar-refractivity contribution >= 4 is 11.0 Å². The van der Waals surface area contributed by atoms with E-state index in [4.69, 9.17) is 0 Å². The fraction of sp³-hybridized carbons (Fsp3) is 0.455. The van der Waals surface area contributed by atoms with Gasteiger partial charge in [0.25, 0.3) is 0 Å². The summed E-state index contributed by atoms with van der Waals surface area (Å²) in [6.45, 7) is 4.44. The van der Waals surface area contributed by atoms with Gasteiger partial charge in [-0.1, -0.05) is 62.9 Å². The van der Waals surface area contributed by atoms with Crippen molar-refractivity contribution in [2.75, 3.05) is 0 Å². The van der Waals surface area contributed by atoms with Gasteiger partial charge in [-0.15, -0.1) is 5.10 Å². The van der Waals surface area contributed by atoms with Gasteiger partial charge in [0, 0.05) is 5.56 Å². The van der Waals surface area contributed by atoms with Gasteiger partial charge >= 0.3 is 0 Å². The Balaban J connectivity index is 2.08. The average Bonchev–Trinajstić information content (AvgIpc) is 3.13. The van der Waals surface area contributed by atoms with E-state index in [9.17, 15) is 5.11 Å². The Bertz CT molecular complexity index is 854. The first-order valence-electron chi connectivity index (χ1n) is 9.90. The van der Waals surface area contributed by atoms with Crippen molar-refractivity contribution in [1.82, 2.24) is 15.4 Å². The molecule has 2 aromatic carbocycles. The molecule has 0 aliphatic carbocycles. The van der Waals surface area contributed by atoms with E-state index in [0.717, 1.165) is 47.8 Å². The molecule has 2 N–H and O–H groups in total. The van der Waals surface area contributed by atoms with Crippen LogP contribution in [0.4, 0.5) is 0 Å². The molecule has 0 fully saturated rings. The summed E-state index contributed by atoms with van der Waals surface area (Å²) < 4.78 is 0. The molecule has 0 bridgehead atoms. The second kappa shape index (κ2) is 8.84. The summed E-state index contributed by atoms with van der Waals surface area (Å²) in [5.41, 5.74) is 6.53. The molecule has 26 heavy (non-hydrogen) atoms. The molecule has 0 aliphatic rings. The van der Waals surface area contributed by atoms with Gasteiger partial charge < -0.3 is 5.11 Å². The lowest BCUT2D eigenvalue weighted by molar-refractivity contribution is 0.465. The van der Waals surface area contributed by atoms with Gasteiger partial charge in [0.05, 0.1) is 5.52 Å². The van der Waals surface area contributed by atoms with Crippen LogP contribution in [0.5, 0.6) is 5.75 Å². The van der Waals surface area contributed by atoms with E-state index in [1.54, 1.807) is 0 Å². The first kappa shape index (κ1) is 18.4. The van der Waals surface area contributed by atoms with Crippen LogP contribution in [-0.2, 0) is 12.8 Å². The molecule has 0 spiro atoms. The van der Waals surface area contributed by atoms with Gasteiger partial charge in [0.2, 0.25) is 0 Å². The summed E-state index contributed by atoms with van der Waals surface area (Å²) in [4.78, 5) is 0. The third kappa shape index (κ3) is 3.90. The van der Waals surface area contributed by atoms with Gasteiger partial charge in [-0.25, -0.2) is 0 Å². The summed E-state index contributed by atoms with van der Waals surface area (Å²) in [5.74, 6) is 0.434. The number of hydrogen-bond donors (Lipinski definition) is 2. The normalized spacial score (nSPS) is 11.3. The van der Waals surface area contributed by atoms with Gasteiger partial charge in [0.1, 0.15) is 11.3 Å². The molecule has 1 aromatic heterocycles. The summed E-state index contributed by atoms with van der Waals surface area (Å²) in [7, 11) is 0. The first-order valence-corrected chi connectivity index (χ1v) is 9.90. The lowest BCUT2D eigenvalue weighted by Crippen LogP contribution is -2.00. The van der Waals surface area contributed by atoms with Crippen molar-refractivity contribution in [2.45, 2.75) is 65.2 Å². The number of aromatic nitrogens is 3. The SMILES string of the molecule is CCCCCc1c(O)ccc(-c2cccc3[nH]nnc23)c1CCCCC. The molecular formula is C22H29N3O. The maximum Gasteiger partial charge on any atom is 0.120 e. The number of H-pyrrole nitrogens is 1. The number of unbranched alkanes of at least 4 members (excludes halogenated alkanes) is 4. The molecule has 0 aliphatic heterocycles. The number of aromatic amines is 1. The molecule has 0 atom stereocenters. The van der Waals surface area contributed by atoms with E-state index >= 15 is 0 Å². The Labute approximate surface area is 155 Å².